The van der Waals surface area contributed by atoms with E-state index in [0.717, 1.165) is 35.1 Å². The Morgan fingerprint density at radius 3 is 2.25 bits per heavy atom. The van der Waals surface area contributed by atoms with Gasteiger partial charge in [-0.25, -0.2) is 4.79 Å². The highest BCUT2D eigenvalue weighted by Crippen LogP contribution is 2.30. The number of ether oxygens (including phenoxy) is 1. The summed E-state index contributed by atoms with van der Waals surface area (Å²) < 4.78 is 5.49. The molecule has 8 nitrogen and oxygen atoms in total. The van der Waals surface area contributed by atoms with E-state index in [4.69, 9.17) is 4.74 Å². The lowest BCUT2D eigenvalue weighted by molar-refractivity contribution is -0.145. The van der Waals surface area contributed by atoms with Gasteiger partial charge < -0.3 is 25.4 Å². The minimum absolute atomic E-state index is 0.103. The molecule has 2 aromatic rings. The number of carbonyl (C=O) groups is 3. The maximum Gasteiger partial charge on any atom is 0.408 e. The van der Waals surface area contributed by atoms with Crippen LogP contribution in [-0.4, -0.2) is 52.1 Å². The number of nitrogens with zero attached hydrogens (tertiary/aromatic N) is 1. The van der Waals surface area contributed by atoms with Crippen LogP contribution in [0.4, 0.5) is 4.79 Å². The van der Waals surface area contributed by atoms with Gasteiger partial charge in [0.15, 0.2) is 0 Å². The second kappa shape index (κ2) is 14.7. The first-order chi connectivity index (χ1) is 18.8. The molecule has 0 fully saturated rings. The molecule has 0 aliphatic heterocycles. The van der Waals surface area contributed by atoms with Crippen molar-refractivity contribution >= 4 is 17.9 Å². The first kappa shape index (κ1) is 32.7. The van der Waals surface area contributed by atoms with Crippen LogP contribution in [0.2, 0.25) is 0 Å². The lowest BCUT2D eigenvalue weighted by Crippen LogP contribution is -2.56. The highest BCUT2D eigenvalue weighted by atomic mass is 16.6. The Balaban J connectivity index is 2.61. The Hall–Kier alpha value is -3.55. The fourth-order valence-corrected chi connectivity index (χ4v) is 4.47. The van der Waals surface area contributed by atoms with Crippen LogP contribution < -0.4 is 10.6 Å². The number of phenols is 1. The number of unbranched alkanes of at least 4 members (excludes halogenated alkanes) is 1. The molecule has 3 unspecified atom stereocenters. The third-order valence-corrected chi connectivity index (χ3v) is 6.98. The van der Waals surface area contributed by atoms with E-state index in [1.54, 1.807) is 37.8 Å². The lowest BCUT2D eigenvalue weighted by Gasteiger charge is -2.39. The highest BCUT2D eigenvalue weighted by molar-refractivity contribution is 5.92. The van der Waals surface area contributed by atoms with Crippen LogP contribution in [0.5, 0.6) is 5.75 Å². The zero-order valence-corrected chi connectivity index (χ0v) is 25.3. The normalized spacial score (nSPS) is 13.6. The van der Waals surface area contributed by atoms with Crippen LogP contribution in [0, 0.1) is 13.8 Å². The second-order valence-electron chi connectivity index (χ2n) is 11.4. The molecule has 0 heterocycles. The zero-order chi connectivity index (χ0) is 30.0. The third-order valence-electron chi connectivity index (χ3n) is 6.98. The molecule has 2 rings (SSSR count). The number of hydrogen-bond acceptors (Lipinski definition) is 5. The Bertz CT molecular complexity index is 1140. The summed E-state index contributed by atoms with van der Waals surface area (Å²) in [7, 11) is 0. The van der Waals surface area contributed by atoms with Crippen LogP contribution in [0.1, 0.15) is 89.1 Å². The SMILES string of the molecule is CCCCNC(=O)C(c1cccc(C)c1C)N(C(=O)C(Cc1ccc(O)cc1)NC(=O)OC(C)(C)C)C(C)CC. The molecule has 3 amide bonds. The number of phenolic OH excluding ortho intramolecular Hbond substituents is 1. The van der Waals surface area contributed by atoms with Crippen molar-refractivity contribution in [1.82, 2.24) is 15.5 Å². The first-order valence-electron chi connectivity index (χ1n) is 14.2. The molecule has 3 N–H and O–H groups in total. The Kier molecular flexibility index (Phi) is 12.0. The number of amides is 3. The number of carbonyl (C=O) groups excluding carboxylic acids is 3. The molecule has 0 radical (unpaired) electrons. The van der Waals surface area contributed by atoms with Gasteiger partial charge in [0, 0.05) is 19.0 Å². The van der Waals surface area contributed by atoms with Crippen LogP contribution >= 0.6 is 0 Å². The van der Waals surface area contributed by atoms with E-state index in [2.05, 4.69) is 17.6 Å². The van der Waals surface area contributed by atoms with E-state index in [-0.39, 0.29) is 30.0 Å². The second-order valence-corrected chi connectivity index (χ2v) is 11.4. The van der Waals surface area contributed by atoms with Gasteiger partial charge in [-0.15, -0.1) is 0 Å². The highest BCUT2D eigenvalue weighted by Gasteiger charge is 2.39. The van der Waals surface area contributed by atoms with Gasteiger partial charge in [0.05, 0.1) is 0 Å². The van der Waals surface area contributed by atoms with Gasteiger partial charge in [0.1, 0.15) is 23.4 Å². The molecule has 0 aliphatic carbocycles. The molecular formula is C32H47N3O5. The molecule has 40 heavy (non-hydrogen) atoms. The van der Waals surface area contributed by atoms with E-state index < -0.39 is 23.8 Å². The molecular weight excluding hydrogens is 506 g/mol. The Morgan fingerprint density at radius 2 is 1.68 bits per heavy atom. The summed E-state index contributed by atoms with van der Waals surface area (Å²) in [5.41, 5.74) is 2.70. The van der Waals surface area contributed by atoms with Crippen LogP contribution in [0.25, 0.3) is 0 Å². The number of nitrogens with one attached hydrogen (secondary N) is 2. The van der Waals surface area contributed by atoms with Crippen LogP contribution in [-0.2, 0) is 20.7 Å². The molecule has 0 aliphatic rings. The summed E-state index contributed by atoms with van der Waals surface area (Å²) in [6.07, 6.45) is 1.79. The number of rotatable bonds is 12. The van der Waals surface area contributed by atoms with Gasteiger partial charge in [0.25, 0.3) is 0 Å². The third kappa shape index (κ3) is 9.28. The summed E-state index contributed by atoms with van der Waals surface area (Å²) in [4.78, 5) is 42.8. The number of aryl methyl sites for hydroxylation is 1. The van der Waals surface area contributed by atoms with Gasteiger partial charge in [-0.1, -0.05) is 50.6 Å². The minimum atomic E-state index is -1.01. The molecule has 3 atom stereocenters. The van der Waals surface area contributed by atoms with E-state index in [0.29, 0.717) is 13.0 Å². The average molecular weight is 554 g/mol. The Labute approximate surface area is 239 Å². The maximum absolute atomic E-state index is 14.5. The largest absolute Gasteiger partial charge is 0.508 e. The van der Waals surface area contributed by atoms with Gasteiger partial charge >= 0.3 is 6.09 Å². The predicted molar refractivity (Wildman–Crippen MR) is 158 cm³/mol. The fourth-order valence-electron chi connectivity index (χ4n) is 4.47. The number of benzene rings is 2. The van der Waals surface area contributed by atoms with Gasteiger partial charge in [-0.05, 0) is 88.8 Å². The van der Waals surface area contributed by atoms with Crippen molar-refractivity contribution in [3.63, 3.8) is 0 Å². The smallest absolute Gasteiger partial charge is 0.408 e. The van der Waals surface area contributed by atoms with Crippen molar-refractivity contribution in [3.8, 4) is 5.75 Å². The van der Waals surface area contributed by atoms with Crippen molar-refractivity contribution in [1.29, 1.82) is 0 Å². The zero-order valence-electron chi connectivity index (χ0n) is 25.3. The lowest BCUT2D eigenvalue weighted by atomic mass is 9.93. The summed E-state index contributed by atoms with van der Waals surface area (Å²) in [5, 5.41) is 15.6. The van der Waals surface area contributed by atoms with Crippen LogP contribution in [0.3, 0.4) is 0 Å². The molecule has 8 heteroatoms. The van der Waals surface area contributed by atoms with Gasteiger partial charge in [0.2, 0.25) is 11.8 Å². The number of hydrogen-bond donors (Lipinski definition) is 3. The first-order valence-corrected chi connectivity index (χ1v) is 14.2. The van der Waals surface area contributed by atoms with E-state index >= 15 is 0 Å². The number of alkyl carbamates (subject to hydrolysis) is 1. The Morgan fingerprint density at radius 1 is 1.02 bits per heavy atom. The van der Waals surface area contributed by atoms with E-state index in [9.17, 15) is 19.5 Å². The monoisotopic (exact) mass is 553 g/mol. The van der Waals surface area contributed by atoms with Crippen molar-refractivity contribution in [2.75, 3.05) is 6.54 Å². The maximum atomic E-state index is 14.5. The number of aromatic hydroxyl groups is 1. The molecule has 2 aromatic carbocycles. The van der Waals surface area contributed by atoms with Gasteiger partial charge in [-0.2, -0.15) is 0 Å². The van der Waals surface area contributed by atoms with Crippen molar-refractivity contribution in [2.24, 2.45) is 0 Å². The van der Waals surface area contributed by atoms with E-state index in [1.165, 1.54) is 12.1 Å². The molecule has 220 valence electrons. The van der Waals surface area contributed by atoms with Crippen molar-refractivity contribution < 1.29 is 24.2 Å². The molecule has 0 saturated carbocycles. The quantitative estimate of drug-likeness (QED) is 0.291. The molecule has 0 bridgehead atoms. The van der Waals surface area contributed by atoms with Crippen molar-refractivity contribution in [2.45, 2.75) is 105 Å². The predicted octanol–water partition coefficient (Wildman–Crippen LogP) is 5.73. The summed E-state index contributed by atoms with van der Waals surface area (Å²) in [6.45, 7) is 15.7. The van der Waals surface area contributed by atoms with Crippen LogP contribution in [0.15, 0.2) is 42.5 Å². The van der Waals surface area contributed by atoms with E-state index in [1.807, 2.05) is 45.9 Å². The molecule has 0 saturated heterocycles. The fraction of sp³-hybridized carbons (Fsp3) is 0.531. The average Bonchev–Trinajstić information content (AvgIpc) is 2.88. The summed E-state index contributed by atoms with van der Waals surface area (Å²) >= 11 is 0. The summed E-state index contributed by atoms with van der Waals surface area (Å²) in [5.74, 6) is -0.534. The van der Waals surface area contributed by atoms with Crippen molar-refractivity contribution in [3.05, 3.63) is 64.7 Å². The topological polar surface area (TPSA) is 108 Å². The minimum Gasteiger partial charge on any atom is -0.508 e. The summed E-state index contributed by atoms with van der Waals surface area (Å²) in [6, 6.07) is 10.1. The molecule has 0 aromatic heterocycles. The van der Waals surface area contributed by atoms with Gasteiger partial charge in [-0.3, -0.25) is 9.59 Å². The molecule has 0 spiro atoms. The standard InChI is InChI=1S/C32H47N3O5/c1-9-11-19-33-29(37)28(26-14-12-13-21(3)23(26)5)35(22(4)10-2)30(38)27(34-31(39)40-32(6,7)8)20-24-15-17-25(36)18-16-24/h12-18,22,27-28,36H,9-11,19-20H2,1-8H3,(H,33,37)(H,34,39).